The number of likely N-dealkylation sites (tertiary alicyclic amines) is 1. The fourth-order valence-electron chi connectivity index (χ4n) is 4.95. The van der Waals surface area contributed by atoms with Crippen molar-refractivity contribution < 1.29 is 4.79 Å². The van der Waals surface area contributed by atoms with Gasteiger partial charge in [0.1, 0.15) is 17.2 Å². The molecule has 3 heterocycles. The summed E-state index contributed by atoms with van der Waals surface area (Å²) in [5, 5.41) is 0.750. The van der Waals surface area contributed by atoms with Crippen molar-refractivity contribution in [2.45, 2.75) is 64.8 Å². The number of benzene rings is 1. The summed E-state index contributed by atoms with van der Waals surface area (Å²) in [5.74, 6) is 0.645. The van der Waals surface area contributed by atoms with Gasteiger partial charge in [-0.15, -0.1) is 11.3 Å². The zero-order chi connectivity index (χ0) is 21.4. The minimum Gasteiger partial charge on any atom is -0.341 e. The number of hydrogen-bond acceptors (Lipinski definition) is 4. The van der Waals surface area contributed by atoms with Crippen LogP contribution in [0.3, 0.4) is 0 Å². The number of aromatic nitrogens is 2. The minimum atomic E-state index is -0.0518. The molecule has 0 atom stereocenters. The molecule has 0 bridgehead atoms. The van der Waals surface area contributed by atoms with Gasteiger partial charge in [0.15, 0.2) is 0 Å². The molecule has 6 heteroatoms. The van der Waals surface area contributed by atoms with Crippen LogP contribution in [0.15, 0.2) is 29.1 Å². The molecule has 3 aromatic rings. The monoisotopic (exact) mass is 435 g/mol. The zero-order valence-corrected chi connectivity index (χ0v) is 19.0. The van der Waals surface area contributed by atoms with E-state index in [9.17, 15) is 9.59 Å². The van der Waals surface area contributed by atoms with Gasteiger partial charge in [-0.3, -0.25) is 14.2 Å². The first-order valence-electron chi connectivity index (χ1n) is 11.5. The van der Waals surface area contributed by atoms with E-state index in [0.717, 1.165) is 66.5 Å². The summed E-state index contributed by atoms with van der Waals surface area (Å²) in [4.78, 5) is 36.1. The van der Waals surface area contributed by atoms with Crippen LogP contribution in [0.5, 0.6) is 0 Å². The zero-order valence-electron chi connectivity index (χ0n) is 18.2. The van der Waals surface area contributed by atoms with Crippen LogP contribution in [0, 0.1) is 6.92 Å². The Morgan fingerprint density at radius 2 is 1.84 bits per heavy atom. The van der Waals surface area contributed by atoms with E-state index >= 15 is 0 Å². The van der Waals surface area contributed by atoms with E-state index in [4.69, 9.17) is 4.98 Å². The Morgan fingerprint density at radius 3 is 2.61 bits per heavy atom. The molecule has 1 fully saturated rings. The molecule has 5 nitrogen and oxygen atoms in total. The van der Waals surface area contributed by atoms with E-state index in [0.29, 0.717) is 5.82 Å². The maximum absolute atomic E-state index is 13.8. The largest absolute Gasteiger partial charge is 0.341 e. The van der Waals surface area contributed by atoms with Gasteiger partial charge in [0.05, 0.1) is 5.39 Å². The number of aryl methyl sites for hydroxylation is 3. The van der Waals surface area contributed by atoms with Crippen LogP contribution < -0.4 is 5.56 Å². The van der Waals surface area contributed by atoms with E-state index in [2.05, 4.69) is 0 Å². The number of hydrogen-bond donors (Lipinski definition) is 0. The molecule has 2 aliphatic rings. The SMILES string of the molecule is Cc1cccc(-c2nc3sc4c(c3c(=O)n2CC(=O)N2CCCCCC2)CCCC4)c1. The molecule has 0 saturated carbocycles. The Balaban J connectivity index is 1.64. The average Bonchev–Trinajstić information content (AvgIpc) is 2.94. The van der Waals surface area contributed by atoms with Crippen molar-refractivity contribution in [3.8, 4) is 11.4 Å². The summed E-state index contributed by atoms with van der Waals surface area (Å²) in [6, 6.07) is 8.06. The van der Waals surface area contributed by atoms with E-state index in [1.807, 2.05) is 36.1 Å². The Hall–Kier alpha value is -2.47. The van der Waals surface area contributed by atoms with Crippen molar-refractivity contribution in [1.29, 1.82) is 0 Å². The molecule has 31 heavy (non-hydrogen) atoms. The van der Waals surface area contributed by atoms with Gasteiger partial charge in [0, 0.05) is 23.5 Å². The average molecular weight is 436 g/mol. The number of nitrogens with zero attached hydrogens (tertiary/aromatic N) is 3. The molecule has 0 unspecified atom stereocenters. The molecular weight excluding hydrogens is 406 g/mol. The Bertz CT molecular complexity index is 1190. The second-order valence-electron chi connectivity index (χ2n) is 8.88. The standard InChI is InChI=1S/C25H29N3O2S/c1-17-9-8-10-18(15-17)23-26-24-22(19-11-4-5-12-20(19)31-24)25(30)28(23)16-21(29)27-13-6-2-3-7-14-27/h8-10,15H,2-7,11-14,16H2,1H3. The van der Waals surface area contributed by atoms with Gasteiger partial charge in [0.2, 0.25) is 5.91 Å². The maximum atomic E-state index is 13.8. The first kappa shape index (κ1) is 20.4. The second kappa shape index (κ2) is 8.58. The first-order chi connectivity index (χ1) is 15.1. The maximum Gasteiger partial charge on any atom is 0.263 e. The topological polar surface area (TPSA) is 55.2 Å². The molecule has 162 valence electrons. The van der Waals surface area contributed by atoms with Crippen LogP contribution in [0.1, 0.15) is 54.5 Å². The van der Waals surface area contributed by atoms with Gasteiger partial charge in [-0.1, -0.05) is 36.6 Å². The van der Waals surface area contributed by atoms with Crippen LogP contribution in [-0.4, -0.2) is 33.4 Å². The van der Waals surface area contributed by atoms with Crippen molar-refractivity contribution in [3.05, 3.63) is 50.6 Å². The molecule has 1 amide bonds. The Morgan fingerprint density at radius 1 is 1.06 bits per heavy atom. The van der Waals surface area contributed by atoms with E-state index < -0.39 is 0 Å². The molecule has 0 spiro atoms. The highest BCUT2D eigenvalue weighted by Crippen LogP contribution is 2.35. The molecule has 2 aromatic heterocycles. The number of carbonyl (C=O) groups excluding carboxylic acids is 1. The predicted octanol–water partition coefficient (Wildman–Crippen LogP) is 4.71. The lowest BCUT2D eigenvalue weighted by Crippen LogP contribution is -2.38. The highest BCUT2D eigenvalue weighted by Gasteiger charge is 2.25. The highest BCUT2D eigenvalue weighted by molar-refractivity contribution is 7.18. The van der Waals surface area contributed by atoms with Crippen LogP contribution in [0.2, 0.25) is 0 Å². The third-order valence-electron chi connectivity index (χ3n) is 6.60. The molecule has 5 rings (SSSR count). The molecule has 0 N–H and O–H groups in total. The van der Waals surface area contributed by atoms with Crippen LogP contribution in [-0.2, 0) is 24.2 Å². The molecular formula is C25H29N3O2S. The lowest BCUT2D eigenvalue weighted by atomic mass is 9.97. The van der Waals surface area contributed by atoms with Gasteiger partial charge in [-0.05, 0) is 57.1 Å². The summed E-state index contributed by atoms with van der Waals surface area (Å²) in [6.07, 6.45) is 8.69. The Labute approximate surface area is 186 Å². The van der Waals surface area contributed by atoms with Crippen molar-refractivity contribution in [2.24, 2.45) is 0 Å². The molecule has 0 radical (unpaired) electrons. The summed E-state index contributed by atoms with van der Waals surface area (Å²) < 4.78 is 1.64. The molecule has 1 aliphatic carbocycles. The van der Waals surface area contributed by atoms with E-state index in [1.165, 1.54) is 29.7 Å². The van der Waals surface area contributed by atoms with Crippen LogP contribution in [0.25, 0.3) is 21.6 Å². The summed E-state index contributed by atoms with van der Waals surface area (Å²) in [5.41, 5.74) is 3.14. The number of thiophene rings is 1. The first-order valence-corrected chi connectivity index (χ1v) is 12.3. The quantitative estimate of drug-likeness (QED) is 0.598. The number of amides is 1. The fraction of sp³-hybridized carbons (Fsp3) is 0.480. The fourth-order valence-corrected chi connectivity index (χ4v) is 6.20. The normalized spacial score (nSPS) is 16.9. The van der Waals surface area contributed by atoms with Crippen molar-refractivity contribution in [2.75, 3.05) is 13.1 Å². The van der Waals surface area contributed by atoms with Crippen LogP contribution in [0.4, 0.5) is 0 Å². The molecule has 1 aliphatic heterocycles. The van der Waals surface area contributed by atoms with Gasteiger partial charge in [-0.25, -0.2) is 4.98 Å². The van der Waals surface area contributed by atoms with Gasteiger partial charge in [0.25, 0.3) is 5.56 Å². The summed E-state index contributed by atoms with van der Waals surface area (Å²) in [7, 11) is 0. The van der Waals surface area contributed by atoms with Crippen molar-refractivity contribution >= 4 is 27.5 Å². The Kier molecular flexibility index (Phi) is 5.65. The van der Waals surface area contributed by atoms with Gasteiger partial charge < -0.3 is 4.90 Å². The highest BCUT2D eigenvalue weighted by atomic mass is 32.1. The van der Waals surface area contributed by atoms with E-state index in [-0.39, 0.29) is 18.0 Å². The minimum absolute atomic E-state index is 0.0307. The van der Waals surface area contributed by atoms with Crippen molar-refractivity contribution in [3.63, 3.8) is 0 Å². The van der Waals surface area contributed by atoms with Gasteiger partial charge in [-0.2, -0.15) is 0 Å². The number of rotatable bonds is 3. The molecule has 1 saturated heterocycles. The third-order valence-corrected chi connectivity index (χ3v) is 7.79. The predicted molar refractivity (Wildman–Crippen MR) is 126 cm³/mol. The lowest BCUT2D eigenvalue weighted by Gasteiger charge is -2.22. The second-order valence-corrected chi connectivity index (χ2v) is 9.97. The molecule has 1 aromatic carbocycles. The summed E-state index contributed by atoms with van der Waals surface area (Å²) in [6.45, 7) is 3.68. The smallest absolute Gasteiger partial charge is 0.263 e. The number of carbonyl (C=O) groups is 1. The van der Waals surface area contributed by atoms with Crippen LogP contribution >= 0.6 is 11.3 Å². The number of fused-ring (bicyclic) bond motifs is 3. The lowest BCUT2D eigenvalue weighted by molar-refractivity contribution is -0.131. The third kappa shape index (κ3) is 3.93. The van der Waals surface area contributed by atoms with Crippen molar-refractivity contribution in [1.82, 2.24) is 14.5 Å². The van der Waals surface area contributed by atoms with E-state index in [1.54, 1.807) is 15.9 Å². The van der Waals surface area contributed by atoms with Gasteiger partial charge >= 0.3 is 0 Å². The summed E-state index contributed by atoms with van der Waals surface area (Å²) >= 11 is 1.67.